The second kappa shape index (κ2) is 9.18. The van der Waals surface area contributed by atoms with Crippen LogP contribution in [0.3, 0.4) is 0 Å². The molecule has 8 heteroatoms. The monoisotopic (exact) mass is 426 g/mol. The van der Waals surface area contributed by atoms with Crippen LogP contribution in [0.4, 0.5) is 10.1 Å². The molecule has 31 heavy (non-hydrogen) atoms. The fourth-order valence-electron chi connectivity index (χ4n) is 3.51. The first-order chi connectivity index (χ1) is 15.1. The van der Waals surface area contributed by atoms with E-state index in [2.05, 4.69) is 5.32 Å². The standard InChI is InChI=1S/C23H23FN2O5/c1-2-29-11-3-10-26-22(27)20(15-4-6-16(24)7-5-15)21(23(26)28)25-17-8-9-18-19(14-17)31-13-12-30-18/h4-9,14,25H,2-3,10-13H2,1H3. The summed E-state index contributed by atoms with van der Waals surface area (Å²) in [4.78, 5) is 27.5. The van der Waals surface area contributed by atoms with Gasteiger partial charge in [-0.1, -0.05) is 12.1 Å². The van der Waals surface area contributed by atoms with Gasteiger partial charge in [-0.15, -0.1) is 0 Å². The van der Waals surface area contributed by atoms with Gasteiger partial charge in [0.15, 0.2) is 11.5 Å². The molecule has 2 aromatic carbocycles. The number of nitrogens with one attached hydrogen (secondary N) is 1. The molecule has 0 atom stereocenters. The minimum Gasteiger partial charge on any atom is -0.486 e. The lowest BCUT2D eigenvalue weighted by Crippen LogP contribution is -2.34. The summed E-state index contributed by atoms with van der Waals surface area (Å²) in [6.07, 6.45) is 0.527. The van der Waals surface area contributed by atoms with Crippen LogP contribution in [0.15, 0.2) is 48.2 Å². The number of amides is 2. The molecule has 2 aliphatic heterocycles. The quantitative estimate of drug-likeness (QED) is 0.516. The zero-order valence-electron chi connectivity index (χ0n) is 17.2. The Labute approximate surface area is 179 Å². The number of benzene rings is 2. The summed E-state index contributed by atoms with van der Waals surface area (Å²) in [5.41, 5.74) is 1.39. The van der Waals surface area contributed by atoms with E-state index in [0.29, 0.717) is 55.6 Å². The molecule has 7 nitrogen and oxygen atoms in total. The van der Waals surface area contributed by atoms with E-state index in [-0.39, 0.29) is 17.8 Å². The molecule has 0 saturated carbocycles. The van der Waals surface area contributed by atoms with Crippen LogP contribution < -0.4 is 14.8 Å². The first-order valence-electron chi connectivity index (χ1n) is 10.2. The van der Waals surface area contributed by atoms with Gasteiger partial charge in [-0.25, -0.2) is 4.39 Å². The van der Waals surface area contributed by atoms with Crippen molar-refractivity contribution in [1.29, 1.82) is 0 Å². The lowest BCUT2D eigenvalue weighted by atomic mass is 10.0. The van der Waals surface area contributed by atoms with Gasteiger partial charge in [0.25, 0.3) is 11.8 Å². The van der Waals surface area contributed by atoms with Gasteiger partial charge in [0, 0.05) is 31.5 Å². The van der Waals surface area contributed by atoms with E-state index in [1.165, 1.54) is 29.2 Å². The van der Waals surface area contributed by atoms with Gasteiger partial charge in [0.2, 0.25) is 0 Å². The first kappa shape index (κ1) is 20.9. The Balaban J connectivity index is 1.65. The molecule has 162 valence electrons. The van der Waals surface area contributed by atoms with Crippen molar-refractivity contribution in [2.45, 2.75) is 13.3 Å². The highest BCUT2D eigenvalue weighted by molar-refractivity contribution is 6.36. The Kier molecular flexibility index (Phi) is 6.18. The SMILES string of the molecule is CCOCCCN1C(=O)C(Nc2ccc3c(c2)OCCO3)=C(c2ccc(F)cc2)C1=O. The molecular formula is C23H23FN2O5. The molecule has 0 spiro atoms. The smallest absolute Gasteiger partial charge is 0.278 e. The molecule has 0 radical (unpaired) electrons. The maximum absolute atomic E-state index is 13.4. The molecule has 1 N–H and O–H groups in total. The lowest BCUT2D eigenvalue weighted by Gasteiger charge is -2.19. The van der Waals surface area contributed by atoms with Crippen LogP contribution in [-0.4, -0.2) is 49.7 Å². The first-order valence-corrected chi connectivity index (χ1v) is 10.2. The molecule has 2 amide bonds. The average Bonchev–Trinajstić information content (AvgIpc) is 3.01. The Hall–Kier alpha value is -3.39. The second-order valence-electron chi connectivity index (χ2n) is 7.05. The Morgan fingerprint density at radius 3 is 2.52 bits per heavy atom. The van der Waals surface area contributed by atoms with E-state index in [1.807, 2.05) is 6.92 Å². The largest absolute Gasteiger partial charge is 0.486 e. The molecule has 0 saturated heterocycles. The minimum atomic E-state index is -0.435. The van der Waals surface area contributed by atoms with Gasteiger partial charge < -0.3 is 19.5 Å². The number of hydrogen-bond acceptors (Lipinski definition) is 6. The predicted octanol–water partition coefficient (Wildman–Crippen LogP) is 3.22. The number of nitrogens with zero attached hydrogens (tertiary/aromatic N) is 1. The van der Waals surface area contributed by atoms with Crippen LogP contribution in [0.25, 0.3) is 5.57 Å². The number of imide groups is 1. The zero-order valence-corrected chi connectivity index (χ0v) is 17.2. The molecule has 2 aliphatic rings. The van der Waals surface area contributed by atoms with Crippen LogP contribution in [0.2, 0.25) is 0 Å². The topological polar surface area (TPSA) is 77.1 Å². The lowest BCUT2D eigenvalue weighted by molar-refractivity contribution is -0.137. The molecule has 4 rings (SSSR count). The molecule has 0 bridgehead atoms. The summed E-state index contributed by atoms with van der Waals surface area (Å²) in [7, 11) is 0. The number of hydrogen-bond donors (Lipinski definition) is 1. The fraction of sp³-hybridized carbons (Fsp3) is 0.304. The zero-order chi connectivity index (χ0) is 21.8. The van der Waals surface area contributed by atoms with E-state index in [4.69, 9.17) is 14.2 Å². The Bertz CT molecular complexity index is 1020. The van der Waals surface area contributed by atoms with Crippen LogP contribution in [0.5, 0.6) is 11.5 Å². The number of anilines is 1. The van der Waals surface area contributed by atoms with Crippen molar-refractivity contribution in [2.75, 3.05) is 38.3 Å². The third-order valence-electron chi connectivity index (χ3n) is 4.99. The van der Waals surface area contributed by atoms with Gasteiger partial charge in [-0.2, -0.15) is 0 Å². The third kappa shape index (κ3) is 4.39. The molecule has 0 aliphatic carbocycles. The van der Waals surface area contributed by atoms with Gasteiger partial charge >= 0.3 is 0 Å². The van der Waals surface area contributed by atoms with E-state index < -0.39 is 17.6 Å². The van der Waals surface area contributed by atoms with Crippen molar-refractivity contribution in [1.82, 2.24) is 4.90 Å². The summed E-state index contributed by atoms with van der Waals surface area (Å²) in [6.45, 7) is 4.04. The van der Waals surface area contributed by atoms with Crippen LogP contribution in [0.1, 0.15) is 18.9 Å². The predicted molar refractivity (Wildman–Crippen MR) is 112 cm³/mol. The van der Waals surface area contributed by atoms with Crippen LogP contribution in [0, 0.1) is 5.82 Å². The highest BCUT2D eigenvalue weighted by Crippen LogP contribution is 2.35. The summed E-state index contributed by atoms with van der Waals surface area (Å²) in [5.74, 6) is -0.0960. The number of rotatable bonds is 8. The number of carbonyl (C=O) groups excluding carboxylic acids is 2. The summed E-state index contributed by atoms with van der Waals surface area (Å²) >= 11 is 0. The Morgan fingerprint density at radius 2 is 1.77 bits per heavy atom. The van der Waals surface area contributed by atoms with Crippen LogP contribution in [-0.2, 0) is 14.3 Å². The van der Waals surface area contributed by atoms with Crippen molar-refractivity contribution in [3.05, 3.63) is 59.5 Å². The second-order valence-corrected chi connectivity index (χ2v) is 7.05. The van der Waals surface area contributed by atoms with Crippen molar-refractivity contribution in [3.8, 4) is 11.5 Å². The van der Waals surface area contributed by atoms with Crippen molar-refractivity contribution in [3.63, 3.8) is 0 Å². The molecule has 2 aromatic rings. The van der Waals surface area contributed by atoms with E-state index >= 15 is 0 Å². The highest BCUT2D eigenvalue weighted by Gasteiger charge is 2.39. The van der Waals surface area contributed by atoms with Gasteiger partial charge in [-0.3, -0.25) is 14.5 Å². The van der Waals surface area contributed by atoms with Gasteiger partial charge in [0.05, 0.1) is 5.57 Å². The van der Waals surface area contributed by atoms with Crippen molar-refractivity contribution in [2.24, 2.45) is 0 Å². The third-order valence-corrected chi connectivity index (χ3v) is 4.99. The van der Waals surface area contributed by atoms with Gasteiger partial charge in [0.1, 0.15) is 24.7 Å². The molecule has 0 unspecified atom stereocenters. The van der Waals surface area contributed by atoms with E-state index in [0.717, 1.165) is 0 Å². The van der Waals surface area contributed by atoms with Crippen LogP contribution >= 0.6 is 0 Å². The maximum atomic E-state index is 13.4. The molecular weight excluding hydrogens is 403 g/mol. The Morgan fingerprint density at radius 1 is 1.03 bits per heavy atom. The number of carbonyl (C=O) groups is 2. The number of ether oxygens (including phenoxy) is 3. The number of fused-ring (bicyclic) bond motifs is 1. The maximum Gasteiger partial charge on any atom is 0.278 e. The molecule has 2 heterocycles. The minimum absolute atomic E-state index is 0.143. The molecule has 0 fully saturated rings. The summed E-state index contributed by atoms with van der Waals surface area (Å²) in [6, 6.07) is 10.7. The summed E-state index contributed by atoms with van der Waals surface area (Å²) in [5, 5.41) is 3.07. The number of halogens is 1. The average molecular weight is 426 g/mol. The molecule has 0 aromatic heterocycles. The van der Waals surface area contributed by atoms with E-state index in [9.17, 15) is 14.0 Å². The fourth-order valence-corrected chi connectivity index (χ4v) is 3.51. The van der Waals surface area contributed by atoms with E-state index in [1.54, 1.807) is 18.2 Å². The summed E-state index contributed by atoms with van der Waals surface area (Å²) < 4.78 is 29.9. The normalized spacial score (nSPS) is 15.6. The van der Waals surface area contributed by atoms with Crippen molar-refractivity contribution >= 4 is 23.1 Å². The highest BCUT2D eigenvalue weighted by atomic mass is 19.1. The van der Waals surface area contributed by atoms with Crippen molar-refractivity contribution < 1.29 is 28.2 Å². The van der Waals surface area contributed by atoms with Gasteiger partial charge in [-0.05, 0) is 43.2 Å².